The summed E-state index contributed by atoms with van der Waals surface area (Å²) in [6.45, 7) is 6.45. The summed E-state index contributed by atoms with van der Waals surface area (Å²) >= 11 is 0. The van der Waals surface area contributed by atoms with Gasteiger partial charge in [0.05, 0.1) is 17.4 Å². The number of amides is 1. The highest BCUT2D eigenvalue weighted by molar-refractivity contribution is 6.07. The number of nitrogens with two attached hydrogens (primary N) is 1. The number of hydrogen-bond acceptors (Lipinski definition) is 3. The quantitative estimate of drug-likeness (QED) is 0.879. The lowest BCUT2D eigenvalue weighted by Crippen LogP contribution is -2.15. The second kappa shape index (κ2) is 5.33. The molecule has 20 heavy (non-hydrogen) atoms. The summed E-state index contributed by atoms with van der Waals surface area (Å²) in [4.78, 5) is 16.0. The Kier molecular flexibility index (Phi) is 3.74. The zero-order valence-corrected chi connectivity index (χ0v) is 12.0. The van der Waals surface area contributed by atoms with Gasteiger partial charge in [-0.3, -0.25) is 9.78 Å². The molecule has 0 fully saturated rings. The van der Waals surface area contributed by atoms with Crippen molar-refractivity contribution in [3.63, 3.8) is 0 Å². The number of anilines is 2. The highest BCUT2D eigenvalue weighted by atomic mass is 16.1. The molecule has 0 bridgehead atoms. The topological polar surface area (TPSA) is 68.0 Å². The van der Waals surface area contributed by atoms with Crippen LogP contribution in [0, 0.1) is 0 Å². The predicted octanol–water partition coefficient (Wildman–Crippen LogP) is 3.21. The number of aromatic nitrogens is 1. The third-order valence-electron chi connectivity index (χ3n) is 3.11. The Bertz CT molecular complexity index is 612. The summed E-state index contributed by atoms with van der Waals surface area (Å²) in [7, 11) is 0. The van der Waals surface area contributed by atoms with E-state index in [1.54, 1.807) is 12.3 Å². The van der Waals surface area contributed by atoms with E-state index in [1.807, 2.05) is 24.3 Å². The fourth-order valence-electron chi connectivity index (χ4n) is 1.87. The van der Waals surface area contributed by atoms with E-state index in [4.69, 9.17) is 5.73 Å². The van der Waals surface area contributed by atoms with Crippen molar-refractivity contribution < 1.29 is 4.79 Å². The second-order valence-corrected chi connectivity index (χ2v) is 5.74. The Morgan fingerprint density at radius 2 is 1.80 bits per heavy atom. The molecule has 4 heteroatoms. The third kappa shape index (κ3) is 3.15. The molecule has 0 unspecified atom stereocenters. The van der Waals surface area contributed by atoms with E-state index in [0.29, 0.717) is 11.3 Å². The standard InChI is InChI=1S/C16H19N3O/c1-16(2,3)11-4-6-12(7-5-11)19-15(20)13-8-9-18-10-14(13)17/h4-10H,17H2,1-3H3,(H,19,20). The predicted molar refractivity (Wildman–Crippen MR) is 81.7 cm³/mol. The summed E-state index contributed by atoms with van der Waals surface area (Å²) in [5.41, 5.74) is 8.60. The molecule has 1 amide bonds. The Balaban J connectivity index is 2.15. The molecule has 1 aromatic carbocycles. The van der Waals surface area contributed by atoms with Gasteiger partial charge >= 0.3 is 0 Å². The fourth-order valence-corrected chi connectivity index (χ4v) is 1.87. The van der Waals surface area contributed by atoms with Gasteiger partial charge in [-0.15, -0.1) is 0 Å². The van der Waals surface area contributed by atoms with Gasteiger partial charge in [-0.25, -0.2) is 0 Å². The average Bonchev–Trinajstić information content (AvgIpc) is 2.38. The van der Waals surface area contributed by atoms with Gasteiger partial charge < -0.3 is 11.1 Å². The van der Waals surface area contributed by atoms with Gasteiger partial charge in [0.25, 0.3) is 5.91 Å². The lowest BCUT2D eigenvalue weighted by Gasteiger charge is -2.19. The van der Waals surface area contributed by atoms with Crippen molar-refractivity contribution in [2.45, 2.75) is 26.2 Å². The molecule has 0 saturated heterocycles. The minimum absolute atomic E-state index is 0.0953. The van der Waals surface area contributed by atoms with Crippen LogP contribution in [0.5, 0.6) is 0 Å². The Hall–Kier alpha value is -2.36. The van der Waals surface area contributed by atoms with Crippen LogP contribution in [0.3, 0.4) is 0 Å². The molecule has 4 nitrogen and oxygen atoms in total. The molecule has 2 rings (SSSR count). The first kappa shape index (κ1) is 14.1. The van der Waals surface area contributed by atoms with Crippen molar-refractivity contribution in [2.75, 3.05) is 11.1 Å². The van der Waals surface area contributed by atoms with Crippen LogP contribution in [0.1, 0.15) is 36.7 Å². The maximum Gasteiger partial charge on any atom is 0.257 e. The molecule has 3 N–H and O–H groups in total. The Labute approximate surface area is 119 Å². The van der Waals surface area contributed by atoms with Crippen molar-refractivity contribution >= 4 is 17.3 Å². The first-order valence-electron chi connectivity index (χ1n) is 6.49. The number of benzene rings is 1. The van der Waals surface area contributed by atoms with Gasteiger partial charge in [-0.1, -0.05) is 32.9 Å². The highest BCUT2D eigenvalue weighted by Crippen LogP contribution is 2.23. The van der Waals surface area contributed by atoms with Crippen molar-refractivity contribution in [1.29, 1.82) is 0 Å². The van der Waals surface area contributed by atoms with Gasteiger partial charge in [-0.2, -0.15) is 0 Å². The highest BCUT2D eigenvalue weighted by Gasteiger charge is 2.14. The molecule has 0 aliphatic carbocycles. The number of rotatable bonds is 2. The van der Waals surface area contributed by atoms with Crippen molar-refractivity contribution in [2.24, 2.45) is 0 Å². The first-order valence-corrected chi connectivity index (χ1v) is 6.49. The number of pyridine rings is 1. The molecule has 0 aliphatic rings. The van der Waals surface area contributed by atoms with Crippen LogP contribution in [0.4, 0.5) is 11.4 Å². The second-order valence-electron chi connectivity index (χ2n) is 5.74. The monoisotopic (exact) mass is 269 g/mol. The molecule has 0 aliphatic heterocycles. The van der Waals surface area contributed by atoms with Crippen LogP contribution in [0.15, 0.2) is 42.7 Å². The van der Waals surface area contributed by atoms with E-state index in [-0.39, 0.29) is 11.3 Å². The number of nitrogens with zero attached hydrogens (tertiary/aromatic N) is 1. The number of nitrogen functional groups attached to an aromatic ring is 1. The molecular weight excluding hydrogens is 250 g/mol. The number of nitrogens with one attached hydrogen (secondary N) is 1. The van der Waals surface area contributed by atoms with E-state index < -0.39 is 0 Å². The normalized spacial score (nSPS) is 11.2. The SMILES string of the molecule is CC(C)(C)c1ccc(NC(=O)c2ccncc2N)cc1. The van der Waals surface area contributed by atoms with E-state index >= 15 is 0 Å². The average molecular weight is 269 g/mol. The molecule has 104 valence electrons. The molecule has 0 saturated carbocycles. The van der Waals surface area contributed by atoms with Gasteiger partial charge in [0.15, 0.2) is 0 Å². The summed E-state index contributed by atoms with van der Waals surface area (Å²) in [6, 6.07) is 9.44. The van der Waals surface area contributed by atoms with Crippen LogP contribution in [0.2, 0.25) is 0 Å². The van der Waals surface area contributed by atoms with Crippen molar-refractivity contribution in [3.8, 4) is 0 Å². The minimum Gasteiger partial charge on any atom is -0.397 e. The van der Waals surface area contributed by atoms with Gasteiger partial charge in [0, 0.05) is 11.9 Å². The maximum absolute atomic E-state index is 12.1. The first-order chi connectivity index (χ1) is 9.38. The summed E-state index contributed by atoms with van der Waals surface area (Å²) < 4.78 is 0. The Morgan fingerprint density at radius 3 is 2.35 bits per heavy atom. The zero-order chi connectivity index (χ0) is 14.8. The summed E-state index contributed by atoms with van der Waals surface area (Å²) in [6.07, 6.45) is 3.02. The van der Waals surface area contributed by atoms with Crippen molar-refractivity contribution in [3.05, 3.63) is 53.9 Å². The van der Waals surface area contributed by atoms with Gasteiger partial charge in [0.1, 0.15) is 0 Å². The van der Waals surface area contributed by atoms with E-state index in [2.05, 4.69) is 31.1 Å². The van der Waals surface area contributed by atoms with Crippen LogP contribution in [-0.4, -0.2) is 10.9 Å². The smallest absolute Gasteiger partial charge is 0.257 e. The van der Waals surface area contributed by atoms with E-state index in [1.165, 1.54) is 11.8 Å². The lowest BCUT2D eigenvalue weighted by molar-refractivity contribution is 0.102. The summed E-state index contributed by atoms with van der Waals surface area (Å²) in [5.74, 6) is -0.228. The van der Waals surface area contributed by atoms with Crippen LogP contribution in [-0.2, 0) is 5.41 Å². The summed E-state index contributed by atoms with van der Waals surface area (Å²) in [5, 5.41) is 2.83. The molecule has 2 aromatic rings. The van der Waals surface area contributed by atoms with Crippen LogP contribution >= 0.6 is 0 Å². The molecule has 1 heterocycles. The van der Waals surface area contributed by atoms with Crippen LogP contribution in [0.25, 0.3) is 0 Å². The fraction of sp³-hybridized carbons (Fsp3) is 0.250. The van der Waals surface area contributed by atoms with Crippen molar-refractivity contribution in [1.82, 2.24) is 4.98 Å². The lowest BCUT2D eigenvalue weighted by atomic mass is 9.87. The van der Waals surface area contributed by atoms with E-state index in [0.717, 1.165) is 5.69 Å². The Morgan fingerprint density at radius 1 is 1.15 bits per heavy atom. The van der Waals surface area contributed by atoms with E-state index in [9.17, 15) is 4.79 Å². The number of carbonyl (C=O) groups excluding carboxylic acids is 1. The maximum atomic E-state index is 12.1. The van der Waals surface area contributed by atoms with Gasteiger partial charge in [-0.05, 0) is 29.2 Å². The molecular formula is C16H19N3O. The largest absolute Gasteiger partial charge is 0.397 e. The number of hydrogen-bond donors (Lipinski definition) is 2. The van der Waals surface area contributed by atoms with Crippen LogP contribution < -0.4 is 11.1 Å². The molecule has 0 atom stereocenters. The third-order valence-corrected chi connectivity index (χ3v) is 3.11. The molecule has 0 radical (unpaired) electrons. The molecule has 1 aromatic heterocycles. The van der Waals surface area contributed by atoms with Gasteiger partial charge in [0.2, 0.25) is 0 Å². The minimum atomic E-state index is -0.228. The molecule has 0 spiro atoms. The number of carbonyl (C=O) groups is 1. The zero-order valence-electron chi connectivity index (χ0n) is 12.0.